The van der Waals surface area contributed by atoms with Crippen LogP contribution in [0.4, 0.5) is 13.2 Å². The summed E-state index contributed by atoms with van der Waals surface area (Å²) in [5.74, 6) is 0.580. The summed E-state index contributed by atoms with van der Waals surface area (Å²) in [5.41, 5.74) is 1.18. The van der Waals surface area contributed by atoms with Crippen molar-refractivity contribution in [3.05, 3.63) is 42.0 Å². The Morgan fingerprint density at radius 1 is 1.15 bits per heavy atom. The fraction of sp³-hybridized carbons (Fsp3) is 0.526. The van der Waals surface area contributed by atoms with Gasteiger partial charge in [-0.15, -0.1) is 0 Å². The molecule has 0 spiro atoms. The molecule has 0 aromatic heterocycles. The fourth-order valence-electron chi connectivity index (χ4n) is 2.76. The highest BCUT2D eigenvalue weighted by Crippen LogP contribution is 2.19. The lowest BCUT2D eigenvalue weighted by Crippen LogP contribution is -2.52. The number of benzene rings is 1. The number of hydrogen-bond acceptors (Lipinski definition) is 2. The topological polar surface area (TPSA) is 30.9 Å². The minimum atomic E-state index is -4.16. The fourth-order valence-corrected chi connectivity index (χ4v) is 2.76. The number of nitrogens with zero attached hydrogens (tertiary/aromatic N) is 3. The molecule has 0 amide bonds. The van der Waals surface area contributed by atoms with E-state index >= 15 is 0 Å². The Kier molecular flexibility index (Phi) is 7.97. The van der Waals surface area contributed by atoms with Crippen molar-refractivity contribution in [2.24, 2.45) is 4.99 Å². The molecule has 1 fully saturated rings. The van der Waals surface area contributed by atoms with E-state index in [1.165, 1.54) is 5.56 Å². The van der Waals surface area contributed by atoms with Gasteiger partial charge in [0, 0.05) is 39.3 Å². The molecule has 1 saturated heterocycles. The Hall–Kier alpha value is -2.02. The molecule has 1 N–H and O–H groups in total. The maximum atomic E-state index is 12.3. The van der Waals surface area contributed by atoms with Gasteiger partial charge in [-0.3, -0.25) is 9.89 Å². The van der Waals surface area contributed by atoms with E-state index in [0.29, 0.717) is 12.5 Å². The van der Waals surface area contributed by atoms with Crippen LogP contribution in [0.3, 0.4) is 0 Å². The molecule has 0 bridgehead atoms. The SMILES string of the molecule is CCNC(=NCCC(F)(F)F)N1CCN(C/C=C/c2ccccc2)CC1. The number of halogens is 3. The maximum absolute atomic E-state index is 12.3. The summed E-state index contributed by atoms with van der Waals surface area (Å²) in [6.45, 7) is 6.45. The standard InChI is InChI=1S/C19H27F3N4/c1-2-23-18(24-11-10-19(20,21)22)26-15-13-25(14-16-26)12-6-9-17-7-4-3-5-8-17/h3-9H,2,10-16H2,1H3,(H,23,24)/b9-6+. The van der Waals surface area contributed by atoms with Crippen LogP contribution in [0.25, 0.3) is 6.08 Å². The molecule has 2 rings (SSSR count). The Morgan fingerprint density at radius 3 is 2.46 bits per heavy atom. The van der Waals surface area contributed by atoms with E-state index in [1.807, 2.05) is 30.0 Å². The zero-order chi connectivity index (χ0) is 18.8. The van der Waals surface area contributed by atoms with Crippen molar-refractivity contribution >= 4 is 12.0 Å². The van der Waals surface area contributed by atoms with E-state index < -0.39 is 12.6 Å². The molecule has 1 aliphatic rings. The van der Waals surface area contributed by atoms with Gasteiger partial charge in [0.05, 0.1) is 13.0 Å². The van der Waals surface area contributed by atoms with Gasteiger partial charge in [0.2, 0.25) is 0 Å². The number of guanidine groups is 1. The van der Waals surface area contributed by atoms with E-state index in [1.54, 1.807) is 0 Å². The summed E-state index contributed by atoms with van der Waals surface area (Å²) in [5, 5.41) is 3.09. The summed E-state index contributed by atoms with van der Waals surface area (Å²) in [6, 6.07) is 10.1. The number of aliphatic imine (C=N–C) groups is 1. The zero-order valence-electron chi connectivity index (χ0n) is 15.2. The molecule has 1 aromatic carbocycles. The van der Waals surface area contributed by atoms with E-state index in [0.717, 1.165) is 32.7 Å². The first-order valence-corrected chi connectivity index (χ1v) is 9.02. The highest BCUT2D eigenvalue weighted by atomic mass is 19.4. The van der Waals surface area contributed by atoms with E-state index in [4.69, 9.17) is 0 Å². The Morgan fingerprint density at radius 2 is 1.85 bits per heavy atom. The van der Waals surface area contributed by atoms with Crippen LogP contribution in [0, 0.1) is 0 Å². The highest BCUT2D eigenvalue weighted by Gasteiger charge is 2.26. The number of piperazine rings is 1. The first-order valence-electron chi connectivity index (χ1n) is 9.02. The summed E-state index contributed by atoms with van der Waals surface area (Å²) in [6.07, 6.45) is -0.792. The molecule has 0 aliphatic carbocycles. The summed E-state index contributed by atoms with van der Waals surface area (Å²) in [4.78, 5) is 8.50. The molecule has 0 saturated carbocycles. The number of hydrogen-bond donors (Lipinski definition) is 1. The van der Waals surface area contributed by atoms with Crippen LogP contribution < -0.4 is 5.32 Å². The van der Waals surface area contributed by atoms with Crippen LogP contribution in [0.15, 0.2) is 41.4 Å². The van der Waals surface area contributed by atoms with Crippen LogP contribution in [-0.4, -0.2) is 67.7 Å². The number of alkyl halides is 3. The van der Waals surface area contributed by atoms with Crippen molar-refractivity contribution in [2.45, 2.75) is 19.5 Å². The van der Waals surface area contributed by atoms with Gasteiger partial charge < -0.3 is 10.2 Å². The monoisotopic (exact) mass is 368 g/mol. The quantitative estimate of drug-likeness (QED) is 0.618. The predicted octanol–water partition coefficient (Wildman–Crippen LogP) is 3.24. The van der Waals surface area contributed by atoms with Gasteiger partial charge in [-0.05, 0) is 12.5 Å². The van der Waals surface area contributed by atoms with Gasteiger partial charge in [0.25, 0.3) is 0 Å². The Bertz CT molecular complexity index is 576. The van der Waals surface area contributed by atoms with E-state index in [-0.39, 0.29) is 6.54 Å². The van der Waals surface area contributed by atoms with E-state index in [9.17, 15) is 13.2 Å². The Balaban J connectivity index is 1.79. The molecule has 7 heteroatoms. The molecule has 1 aromatic rings. The zero-order valence-corrected chi connectivity index (χ0v) is 15.2. The van der Waals surface area contributed by atoms with Crippen LogP contribution in [0.2, 0.25) is 0 Å². The lowest BCUT2D eigenvalue weighted by atomic mass is 10.2. The van der Waals surface area contributed by atoms with Crippen molar-refractivity contribution in [1.29, 1.82) is 0 Å². The average Bonchev–Trinajstić information content (AvgIpc) is 2.62. The average molecular weight is 368 g/mol. The first-order chi connectivity index (χ1) is 12.5. The molecule has 0 atom stereocenters. The van der Waals surface area contributed by atoms with E-state index in [2.05, 4.69) is 39.5 Å². The second kappa shape index (κ2) is 10.2. The van der Waals surface area contributed by atoms with Crippen molar-refractivity contribution in [3.8, 4) is 0 Å². The lowest BCUT2D eigenvalue weighted by Gasteiger charge is -2.36. The molecule has 26 heavy (non-hydrogen) atoms. The second-order valence-electron chi connectivity index (χ2n) is 6.20. The van der Waals surface area contributed by atoms with Crippen LogP contribution >= 0.6 is 0 Å². The van der Waals surface area contributed by atoms with Gasteiger partial charge in [-0.2, -0.15) is 13.2 Å². The maximum Gasteiger partial charge on any atom is 0.390 e. The van der Waals surface area contributed by atoms with Gasteiger partial charge in [0.15, 0.2) is 5.96 Å². The smallest absolute Gasteiger partial charge is 0.357 e. The molecule has 4 nitrogen and oxygen atoms in total. The third kappa shape index (κ3) is 7.47. The molecular weight excluding hydrogens is 341 g/mol. The van der Waals surface area contributed by atoms with Gasteiger partial charge in [0.1, 0.15) is 0 Å². The lowest BCUT2D eigenvalue weighted by molar-refractivity contribution is -0.132. The predicted molar refractivity (Wildman–Crippen MR) is 100 cm³/mol. The van der Waals surface area contributed by atoms with Crippen LogP contribution in [-0.2, 0) is 0 Å². The number of rotatable bonds is 6. The summed E-state index contributed by atoms with van der Waals surface area (Å²) < 4.78 is 36.9. The van der Waals surface area contributed by atoms with Crippen molar-refractivity contribution in [3.63, 3.8) is 0 Å². The number of nitrogens with one attached hydrogen (secondary N) is 1. The molecule has 0 radical (unpaired) electrons. The minimum absolute atomic E-state index is 0.230. The van der Waals surface area contributed by atoms with Gasteiger partial charge in [-0.25, -0.2) is 0 Å². The summed E-state index contributed by atoms with van der Waals surface area (Å²) in [7, 11) is 0. The molecular formula is C19H27F3N4. The molecule has 1 aliphatic heterocycles. The van der Waals surface area contributed by atoms with Crippen molar-refractivity contribution < 1.29 is 13.2 Å². The second-order valence-corrected chi connectivity index (χ2v) is 6.20. The van der Waals surface area contributed by atoms with Crippen LogP contribution in [0.1, 0.15) is 18.9 Å². The molecule has 1 heterocycles. The normalized spacial score (nSPS) is 17.1. The van der Waals surface area contributed by atoms with Gasteiger partial charge in [-0.1, -0.05) is 42.5 Å². The third-order valence-electron chi connectivity index (χ3n) is 4.14. The van der Waals surface area contributed by atoms with Gasteiger partial charge >= 0.3 is 6.18 Å². The minimum Gasteiger partial charge on any atom is -0.357 e. The first kappa shape index (κ1) is 20.3. The molecule has 144 valence electrons. The summed E-state index contributed by atoms with van der Waals surface area (Å²) >= 11 is 0. The third-order valence-corrected chi connectivity index (χ3v) is 4.14. The Labute approximate surface area is 153 Å². The van der Waals surface area contributed by atoms with Crippen molar-refractivity contribution in [1.82, 2.24) is 15.1 Å². The van der Waals surface area contributed by atoms with Crippen LogP contribution in [0.5, 0.6) is 0 Å². The molecule has 0 unspecified atom stereocenters. The highest BCUT2D eigenvalue weighted by molar-refractivity contribution is 5.80. The largest absolute Gasteiger partial charge is 0.390 e. The van der Waals surface area contributed by atoms with Crippen molar-refractivity contribution in [2.75, 3.05) is 45.8 Å².